The molecule has 0 radical (unpaired) electrons. The molecule has 0 bridgehead atoms. The number of carbonyl (C=O) groups is 1. The van der Waals surface area contributed by atoms with Gasteiger partial charge in [-0.15, -0.1) is 17.0 Å². The summed E-state index contributed by atoms with van der Waals surface area (Å²) in [4.78, 5) is 20.6. The van der Waals surface area contributed by atoms with Gasteiger partial charge < -0.3 is 9.88 Å². The number of hydrogen-bond acceptors (Lipinski definition) is 2. The van der Waals surface area contributed by atoms with Crippen LogP contribution < -0.4 is 0 Å². The van der Waals surface area contributed by atoms with Crippen molar-refractivity contribution in [3.8, 4) is 0 Å². The Morgan fingerprint density at radius 1 is 1.32 bits per heavy atom. The molecule has 1 aromatic heterocycles. The topological polar surface area (TPSA) is 39.3 Å². The molecule has 4 nitrogen and oxygen atoms in total. The van der Waals surface area contributed by atoms with Gasteiger partial charge in [-0.25, -0.2) is 0 Å². The highest BCUT2D eigenvalue weighted by Gasteiger charge is 2.36. The lowest BCUT2D eigenvalue weighted by molar-refractivity contribution is -0.134. The summed E-state index contributed by atoms with van der Waals surface area (Å²) in [6.45, 7) is 6.47. The van der Waals surface area contributed by atoms with Gasteiger partial charge in [-0.05, 0) is 50.1 Å². The number of benzene rings is 1. The van der Waals surface area contributed by atoms with Crippen molar-refractivity contribution >= 4 is 39.4 Å². The van der Waals surface area contributed by atoms with E-state index in [2.05, 4.69) is 61.3 Å². The van der Waals surface area contributed by atoms with E-state index in [-0.39, 0.29) is 28.8 Å². The van der Waals surface area contributed by atoms with Crippen LogP contribution >= 0.6 is 17.0 Å². The summed E-state index contributed by atoms with van der Waals surface area (Å²) in [6, 6.07) is 6.82. The fraction of sp³-hybridized carbons (Fsp3) is 0.450. The van der Waals surface area contributed by atoms with Crippen molar-refractivity contribution in [3.63, 3.8) is 0 Å². The zero-order valence-corrected chi connectivity index (χ0v) is 16.8. The zero-order chi connectivity index (χ0) is 16.8. The number of amides is 1. The summed E-state index contributed by atoms with van der Waals surface area (Å²) in [5.74, 6) is 0.210. The molecule has 1 N–H and O–H groups in total. The molecular weight excluding hydrogens is 378 g/mol. The first-order valence-corrected chi connectivity index (χ1v) is 8.94. The van der Waals surface area contributed by atoms with Crippen molar-refractivity contribution in [2.45, 2.75) is 26.3 Å². The third kappa shape index (κ3) is 2.83. The van der Waals surface area contributed by atoms with Crippen LogP contribution in [0.2, 0.25) is 0 Å². The normalized spacial score (nSPS) is 22.1. The molecule has 0 fully saturated rings. The minimum atomic E-state index is -0.0445. The first-order valence-electron chi connectivity index (χ1n) is 8.94. The van der Waals surface area contributed by atoms with E-state index >= 15 is 0 Å². The fourth-order valence-electron chi connectivity index (χ4n) is 4.38. The lowest BCUT2D eigenvalue weighted by Crippen LogP contribution is -2.47. The minimum absolute atomic E-state index is 0. The number of carbonyl (C=O) groups excluding carboxylic acids is 1. The van der Waals surface area contributed by atoms with E-state index in [9.17, 15) is 4.79 Å². The number of halogens is 1. The van der Waals surface area contributed by atoms with E-state index in [4.69, 9.17) is 0 Å². The molecule has 0 unspecified atom stereocenters. The number of fused-ring (bicyclic) bond motifs is 2. The van der Waals surface area contributed by atoms with Crippen LogP contribution in [0, 0.1) is 5.92 Å². The van der Waals surface area contributed by atoms with Crippen LogP contribution in [0.5, 0.6) is 0 Å². The van der Waals surface area contributed by atoms with E-state index in [0.29, 0.717) is 6.04 Å². The van der Waals surface area contributed by atoms with Gasteiger partial charge in [0.15, 0.2) is 0 Å². The highest BCUT2D eigenvalue weighted by Crippen LogP contribution is 2.40. The smallest absolute Gasteiger partial charge is 0.230 e. The predicted octanol–water partition coefficient (Wildman–Crippen LogP) is 3.48. The second-order valence-electron chi connectivity index (χ2n) is 6.94. The number of aromatic amines is 1. The Labute approximate surface area is 159 Å². The predicted molar refractivity (Wildman–Crippen MR) is 108 cm³/mol. The molecule has 2 aromatic rings. The molecule has 0 saturated carbocycles. The molecule has 1 aliphatic heterocycles. The van der Waals surface area contributed by atoms with Gasteiger partial charge in [0.25, 0.3) is 0 Å². The maximum atomic E-state index is 12.9. The molecule has 2 aliphatic rings. The highest BCUT2D eigenvalue weighted by molar-refractivity contribution is 8.93. The summed E-state index contributed by atoms with van der Waals surface area (Å²) in [6.07, 6.45) is 5.41. The fourth-order valence-corrected chi connectivity index (χ4v) is 4.38. The minimum Gasteiger partial charge on any atom is -0.361 e. The van der Waals surface area contributed by atoms with Crippen LogP contribution in [0.15, 0.2) is 30.5 Å². The standard InChI is InChI=1S/C20H25N3O.BrH/c1-4-23(5-2)20(24)14-9-16-15-7-6-8-17-19(15)13(11-21-17)10-18(16)22(3)12-14;/h6-9,11,14,18,21H,4-5,10,12H2,1-3H3;1H/t14-,18-;/m1./s1. The van der Waals surface area contributed by atoms with Gasteiger partial charge in [-0.3, -0.25) is 9.69 Å². The Bertz CT molecular complexity index is 821. The average molecular weight is 404 g/mol. The number of rotatable bonds is 3. The molecule has 1 aliphatic carbocycles. The van der Waals surface area contributed by atoms with Crippen LogP contribution in [-0.2, 0) is 11.2 Å². The number of nitrogens with zero attached hydrogens (tertiary/aromatic N) is 2. The van der Waals surface area contributed by atoms with Crippen LogP contribution in [0.4, 0.5) is 0 Å². The Kier molecular flexibility index (Phi) is 5.07. The summed E-state index contributed by atoms with van der Waals surface area (Å²) in [7, 11) is 2.15. The van der Waals surface area contributed by atoms with Crippen LogP contribution in [0.25, 0.3) is 16.5 Å². The monoisotopic (exact) mass is 403 g/mol. The third-order valence-corrected chi connectivity index (χ3v) is 5.66. The number of aromatic nitrogens is 1. The van der Waals surface area contributed by atoms with Crippen molar-refractivity contribution in [2.24, 2.45) is 5.92 Å². The van der Waals surface area contributed by atoms with Gasteiger partial charge >= 0.3 is 0 Å². The number of nitrogens with one attached hydrogen (secondary N) is 1. The van der Waals surface area contributed by atoms with Crippen LogP contribution in [0.3, 0.4) is 0 Å². The maximum absolute atomic E-state index is 12.9. The van der Waals surface area contributed by atoms with E-state index in [1.807, 2.05) is 4.90 Å². The molecule has 0 saturated heterocycles. The van der Waals surface area contributed by atoms with E-state index in [1.165, 1.54) is 27.6 Å². The summed E-state index contributed by atoms with van der Waals surface area (Å²) < 4.78 is 0. The van der Waals surface area contributed by atoms with Crippen LogP contribution in [-0.4, -0.2) is 53.4 Å². The van der Waals surface area contributed by atoms with Gasteiger partial charge in [0.05, 0.1) is 5.92 Å². The van der Waals surface area contributed by atoms with Gasteiger partial charge in [0.1, 0.15) is 0 Å². The van der Waals surface area contributed by atoms with Gasteiger partial charge in [-0.2, -0.15) is 0 Å². The molecule has 5 heteroatoms. The molecule has 4 rings (SSSR count). The summed E-state index contributed by atoms with van der Waals surface area (Å²) >= 11 is 0. The van der Waals surface area contributed by atoms with Gasteiger partial charge in [0, 0.05) is 42.8 Å². The first-order chi connectivity index (χ1) is 11.6. The van der Waals surface area contributed by atoms with E-state index < -0.39 is 0 Å². The molecular formula is C20H26BrN3O. The molecule has 0 spiro atoms. The SMILES string of the molecule is Br.CCN(CC)C(=O)[C@@H]1C=C2c3cccc4[nH]cc(c34)C[C@H]2N(C)C1. The first kappa shape index (κ1) is 18.2. The Hall–Kier alpha value is -1.59. The molecule has 2 atom stereocenters. The van der Waals surface area contributed by atoms with E-state index in [1.54, 1.807) is 0 Å². The van der Waals surface area contributed by atoms with Crippen LogP contribution in [0.1, 0.15) is 25.0 Å². The summed E-state index contributed by atoms with van der Waals surface area (Å²) in [5, 5.41) is 1.34. The largest absolute Gasteiger partial charge is 0.361 e. The molecule has 134 valence electrons. The van der Waals surface area contributed by atoms with Crippen molar-refractivity contribution < 1.29 is 4.79 Å². The summed E-state index contributed by atoms with van der Waals surface area (Å²) in [5.41, 5.74) is 5.21. The van der Waals surface area contributed by atoms with Crippen molar-refractivity contribution in [3.05, 3.63) is 41.6 Å². The van der Waals surface area contributed by atoms with Gasteiger partial charge in [-0.1, -0.05) is 18.2 Å². The molecule has 25 heavy (non-hydrogen) atoms. The third-order valence-electron chi connectivity index (χ3n) is 5.66. The number of likely N-dealkylation sites (N-methyl/N-ethyl adjacent to an activating group) is 1. The number of H-pyrrole nitrogens is 1. The average Bonchev–Trinajstić information content (AvgIpc) is 3.01. The lowest BCUT2D eigenvalue weighted by atomic mass is 9.79. The van der Waals surface area contributed by atoms with E-state index in [0.717, 1.165) is 26.1 Å². The molecule has 1 amide bonds. The molecule has 2 heterocycles. The van der Waals surface area contributed by atoms with Crippen molar-refractivity contribution in [2.75, 3.05) is 26.7 Å². The second kappa shape index (κ2) is 6.96. The quantitative estimate of drug-likeness (QED) is 0.851. The molecule has 1 aromatic carbocycles. The van der Waals surface area contributed by atoms with Crippen molar-refractivity contribution in [1.82, 2.24) is 14.8 Å². The van der Waals surface area contributed by atoms with Gasteiger partial charge in [0.2, 0.25) is 5.91 Å². The highest BCUT2D eigenvalue weighted by atomic mass is 79.9. The zero-order valence-electron chi connectivity index (χ0n) is 15.1. The Balaban J connectivity index is 0.00000182. The lowest BCUT2D eigenvalue weighted by Gasteiger charge is -2.40. The second-order valence-corrected chi connectivity index (χ2v) is 6.94. The van der Waals surface area contributed by atoms with Crippen molar-refractivity contribution in [1.29, 1.82) is 0 Å². The Morgan fingerprint density at radius 3 is 2.80 bits per heavy atom. The Morgan fingerprint density at radius 2 is 2.08 bits per heavy atom. The maximum Gasteiger partial charge on any atom is 0.230 e. The number of hydrogen-bond donors (Lipinski definition) is 1.